The van der Waals surface area contributed by atoms with E-state index in [1.54, 1.807) is 28.6 Å². The Kier molecular flexibility index (Phi) is 5.70. The first-order valence-corrected chi connectivity index (χ1v) is 9.06. The molecule has 1 aromatic heterocycles. The van der Waals surface area contributed by atoms with Crippen LogP contribution in [0.4, 0.5) is 4.39 Å². The van der Waals surface area contributed by atoms with Crippen LogP contribution in [-0.4, -0.2) is 46.1 Å². The van der Waals surface area contributed by atoms with Crippen molar-refractivity contribution < 1.29 is 18.7 Å². The third-order valence-corrected chi connectivity index (χ3v) is 4.93. The Bertz CT molecular complexity index is 845. The maximum atomic E-state index is 13.1. The molecule has 144 valence electrons. The SMILES string of the molecule is CC(=O)c1c(C)nn(CCC(=O)N2CCO[C@@H](c3ccc(F)cc3)C2)c1C. The Morgan fingerprint density at radius 1 is 1.26 bits per heavy atom. The van der Waals surface area contributed by atoms with Gasteiger partial charge >= 0.3 is 0 Å². The first-order valence-electron chi connectivity index (χ1n) is 9.06. The van der Waals surface area contributed by atoms with Crippen molar-refractivity contribution in [3.05, 3.63) is 52.6 Å². The third kappa shape index (κ3) is 4.24. The van der Waals surface area contributed by atoms with E-state index in [-0.39, 0.29) is 23.6 Å². The average molecular weight is 373 g/mol. The van der Waals surface area contributed by atoms with Crippen LogP contribution in [0.5, 0.6) is 0 Å². The smallest absolute Gasteiger partial charge is 0.224 e. The normalized spacial score (nSPS) is 17.2. The molecule has 6 nitrogen and oxygen atoms in total. The minimum Gasteiger partial charge on any atom is -0.370 e. The van der Waals surface area contributed by atoms with Crippen LogP contribution in [0.3, 0.4) is 0 Å². The second-order valence-electron chi connectivity index (χ2n) is 6.83. The van der Waals surface area contributed by atoms with Crippen molar-refractivity contribution in [2.75, 3.05) is 19.7 Å². The molecule has 1 fully saturated rings. The van der Waals surface area contributed by atoms with Crippen LogP contribution in [0.1, 0.15) is 46.8 Å². The number of morpholine rings is 1. The summed E-state index contributed by atoms with van der Waals surface area (Å²) < 4.78 is 20.6. The molecule has 0 saturated carbocycles. The van der Waals surface area contributed by atoms with Crippen LogP contribution in [-0.2, 0) is 16.1 Å². The van der Waals surface area contributed by atoms with Gasteiger partial charge in [-0.1, -0.05) is 12.1 Å². The van der Waals surface area contributed by atoms with Crippen LogP contribution in [0, 0.1) is 19.7 Å². The van der Waals surface area contributed by atoms with Gasteiger partial charge in [0.2, 0.25) is 5.91 Å². The summed E-state index contributed by atoms with van der Waals surface area (Å²) in [7, 11) is 0. The Morgan fingerprint density at radius 3 is 2.59 bits per heavy atom. The average Bonchev–Trinajstić information content (AvgIpc) is 2.94. The van der Waals surface area contributed by atoms with Crippen LogP contribution in [0.2, 0.25) is 0 Å². The summed E-state index contributed by atoms with van der Waals surface area (Å²) in [5.41, 5.74) is 2.97. The van der Waals surface area contributed by atoms with Gasteiger partial charge in [0, 0.05) is 25.2 Å². The van der Waals surface area contributed by atoms with Gasteiger partial charge in [0.15, 0.2) is 5.78 Å². The molecule has 1 aliphatic heterocycles. The van der Waals surface area contributed by atoms with Crippen LogP contribution in [0.25, 0.3) is 0 Å². The molecule has 0 unspecified atom stereocenters. The molecule has 0 radical (unpaired) electrons. The van der Waals surface area contributed by atoms with Crippen molar-refractivity contribution in [3.63, 3.8) is 0 Å². The molecule has 3 rings (SSSR count). The molecule has 2 aromatic rings. The summed E-state index contributed by atoms with van der Waals surface area (Å²) in [4.78, 5) is 26.1. The zero-order valence-electron chi connectivity index (χ0n) is 15.9. The highest BCUT2D eigenvalue weighted by atomic mass is 19.1. The zero-order chi connectivity index (χ0) is 19.6. The van der Waals surface area contributed by atoms with Crippen LogP contribution in [0.15, 0.2) is 24.3 Å². The first-order chi connectivity index (χ1) is 12.9. The van der Waals surface area contributed by atoms with Crippen LogP contribution < -0.4 is 0 Å². The Balaban J connectivity index is 1.62. The van der Waals surface area contributed by atoms with Gasteiger partial charge in [-0.15, -0.1) is 0 Å². The number of benzene rings is 1. The maximum absolute atomic E-state index is 13.1. The van der Waals surface area contributed by atoms with E-state index in [2.05, 4.69) is 5.10 Å². The maximum Gasteiger partial charge on any atom is 0.224 e. The lowest BCUT2D eigenvalue weighted by Crippen LogP contribution is -2.42. The zero-order valence-corrected chi connectivity index (χ0v) is 15.9. The first kappa shape index (κ1) is 19.2. The number of hydrogen-bond donors (Lipinski definition) is 0. The highest BCUT2D eigenvalue weighted by Gasteiger charge is 2.25. The molecule has 2 heterocycles. The second kappa shape index (κ2) is 8.00. The van der Waals surface area contributed by atoms with Gasteiger partial charge in [-0.25, -0.2) is 4.39 Å². The molecule has 1 atom stereocenters. The number of rotatable bonds is 5. The molecule has 1 amide bonds. The summed E-state index contributed by atoms with van der Waals surface area (Å²) in [6.07, 6.45) is 0.0522. The van der Waals surface area contributed by atoms with Crippen molar-refractivity contribution in [1.82, 2.24) is 14.7 Å². The number of carbonyl (C=O) groups is 2. The fourth-order valence-corrected chi connectivity index (χ4v) is 3.54. The lowest BCUT2D eigenvalue weighted by Gasteiger charge is -2.33. The molecule has 0 bridgehead atoms. The topological polar surface area (TPSA) is 64.4 Å². The van der Waals surface area contributed by atoms with Crippen molar-refractivity contribution in [3.8, 4) is 0 Å². The number of aryl methyl sites for hydroxylation is 2. The Hall–Kier alpha value is -2.54. The molecule has 0 N–H and O–H groups in total. The lowest BCUT2D eigenvalue weighted by molar-refractivity contribution is -0.139. The summed E-state index contributed by atoms with van der Waals surface area (Å²) >= 11 is 0. The van der Waals surface area contributed by atoms with Gasteiger partial charge in [0.1, 0.15) is 11.9 Å². The lowest BCUT2D eigenvalue weighted by atomic mass is 10.1. The predicted octanol–water partition coefficient (Wildman–Crippen LogP) is 2.83. The number of aromatic nitrogens is 2. The molecular formula is C20H24FN3O3. The molecule has 7 heteroatoms. The van der Waals surface area contributed by atoms with E-state index in [0.717, 1.165) is 11.3 Å². The largest absolute Gasteiger partial charge is 0.370 e. The van der Waals surface area contributed by atoms with Gasteiger partial charge in [-0.3, -0.25) is 14.3 Å². The fraction of sp³-hybridized carbons (Fsp3) is 0.450. The summed E-state index contributed by atoms with van der Waals surface area (Å²) in [5, 5.41) is 4.38. The van der Waals surface area contributed by atoms with E-state index >= 15 is 0 Å². The van der Waals surface area contributed by atoms with Gasteiger partial charge in [-0.05, 0) is 38.5 Å². The summed E-state index contributed by atoms with van der Waals surface area (Å²) in [5.74, 6) is -0.294. The van der Waals surface area contributed by atoms with E-state index in [1.165, 1.54) is 19.1 Å². The number of Topliss-reactive ketones (excluding diaryl/α,β-unsaturated/α-hetero) is 1. The Morgan fingerprint density at radius 2 is 1.96 bits per heavy atom. The van der Waals surface area contributed by atoms with Crippen molar-refractivity contribution >= 4 is 11.7 Å². The van der Waals surface area contributed by atoms with E-state index in [4.69, 9.17) is 4.74 Å². The third-order valence-electron chi connectivity index (χ3n) is 4.93. The monoisotopic (exact) mass is 373 g/mol. The van der Waals surface area contributed by atoms with Crippen LogP contribution >= 0.6 is 0 Å². The minimum absolute atomic E-state index is 0.0158. The molecule has 1 aliphatic rings. The number of nitrogens with zero attached hydrogens (tertiary/aromatic N) is 3. The fourth-order valence-electron chi connectivity index (χ4n) is 3.54. The van der Waals surface area contributed by atoms with Crippen molar-refractivity contribution in [2.24, 2.45) is 0 Å². The molecule has 0 aliphatic carbocycles. The minimum atomic E-state index is -0.294. The second-order valence-corrected chi connectivity index (χ2v) is 6.83. The number of halogens is 1. The van der Waals surface area contributed by atoms with Gasteiger partial charge in [0.25, 0.3) is 0 Å². The van der Waals surface area contributed by atoms with E-state index in [0.29, 0.717) is 43.9 Å². The molecule has 1 aromatic carbocycles. The van der Waals surface area contributed by atoms with E-state index in [1.807, 2.05) is 6.92 Å². The number of amides is 1. The summed E-state index contributed by atoms with van der Waals surface area (Å²) in [6.45, 7) is 7.03. The van der Waals surface area contributed by atoms with Gasteiger partial charge in [-0.2, -0.15) is 5.10 Å². The molecule has 27 heavy (non-hydrogen) atoms. The highest BCUT2D eigenvalue weighted by molar-refractivity contribution is 5.96. The van der Waals surface area contributed by atoms with E-state index in [9.17, 15) is 14.0 Å². The van der Waals surface area contributed by atoms with Crippen molar-refractivity contribution in [1.29, 1.82) is 0 Å². The van der Waals surface area contributed by atoms with Gasteiger partial charge < -0.3 is 9.64 Å². The predicted molar refractivity (Wildman–Crippen MR) is 98.0 cm³/mol. The molecular weight excluding hydrogens is 349 g/mol. The number of ether oxygens (including phenoxy) is 1. The Labute approximate surface area is 157 Å². The number of hydrogen-bond acceptors (Lipinski definition) is 4. The van der Waals surface area contributed by atoms with Crippen molar-refractivity contribution in [2.45, 2.75) is 39.8 Å². The summed E-state index contributed by atoms with van der Waals surface area (Å²) in [6, 6.07) is 6.17. The van der Waals surface area contributed by atoms with Gasteiger partial charge in [0.05, 0.1) is 24.4 Å². The number of ketones is 1. The number of carbonyl (C=O) groups excluding carboxylic acids is 2. The van der Waals surface area contributed by atoms with E-state index < -0.39 is 0 Å². The quantitative estimate of drug-likeness (QED) is 0.756. The molecule has 0 spiro atoms. The standard InChI is InChI=1S/C20H24FN3O3/c1-13-20(15(3)25)14(2)24(22-13)9-8-19(26)23-10-11-27-18(12-23)16-4-6-17(21)7-5-16/h4-7,18H,8-12H2,1-3H3/t18-/m1/s1. The highest BCUT2D eigenvalue weighted by Crippen LogP contribution is 2.23. The molecule has 1 saturated heterocycles.